The highest BCUT2D eigenvalue weighted by Gasteiger charge is 2.30. The summed E-state index contributed by atoms with van der Waals surface area (Å²) in [6, 6.07) is 24.6. The number of carbonyl (C=O) groups is 1. The molecule has 9 heteroatoms. The summed E-state index contributed by atoms with van der Waals surface area (Å²) in [4.78, 5) is 21.4. The van der Waals surface area contributed by atoms with Gasteiger partial charge in [-0.2, -0.15) is 13.2 Å². The highest BCUT2D eigenvalue weighted by molar-refractivity contribution is 6.13. The first kappa shape index (κ1) is 29.2. The first-order valence-electron chi connectivity index (χ1n) is 12.8. The standard InChI is InChI=1S/C32H28F3N3O3/c1-3-30(37-21-36-22(2)19-40-20-23-9-5-4-6-10-23)41-27-15-16-28-24(17-27)11-7-14-29(28)31(39)38-26-13-8-12-25(18-26)32(33,34)35/h4-18,21H,2-3,19-20H2,1H3,(H,38,39). The first-order chi connectivity index (χ1) is 19.7. The molecule has 0 aromatic heterocycles. The fourth-order valence-corrected chi connectivity index (χ4v) is 3.89. The SMILES string of the molecule is C=C(COCc1ccccc1)N=CN=C(CC)Oc1ccc2c(C(=O)Nc3cccc(C(F)(F)F)c3)cccc2c1. The number of carbonyl (C=O) groups excluding carboxylic acids is 1. The second kappa shape index (κ2) is 13.5. The predicted octanol–water partition coefficient (Wildman–Crippen LogP) is 8.06. The number of amides is 1. The van der Waals surface area contributed by atoms with Crippen LogP contribution in [-0.2, 0) is 17.5 Å². The summed E-state index contributed by atoms with van der Waals surface area (Å²) in [5.74, 6) is 0.403. The van der Waals surface area contributed by atoms with Gasteiger partial charge >= 0.3 is 6.18 Å². The van der Waals surface area contributed by atoms with E-state index in [0.717, 1.165) is 17.7 Å². The molecule has 0 unspecified atom stereocenters. The summed E-state index contributed by atoms with van der Waals surface area (Å²) in [6.45, 7) is 6.48. The van der Waals surface area contributed by atoms with Crippen LogP contribution in [0.4, 0.5) is 18.9 Å². The van der Waals surface area contributed by atoms with Crippen LogP contribution in [0.2, 0.25) is 0 Å². The van der Waals surface area contributed by atoms with E-state index in [4.69, 9.17) is 9.47 Å². The van der Waals surface area contributed by atoms with Crippen molar-refractivity contribution in [2.45, 2.75) is 26.1 Å². The summed E-state index contributed by atoms with van der Waals surface area (Å²) in [7, 11) is 0. The zero-order chi connectivity index (χ0) is 29.2. The number of anilines is 1. The lowest BCUT2D eigenvalue weighted by atomic mass is 10.0. The fourth-order valence-electron chi connectivity index (χ4n) is 3.89. The number of alkyl halides is 3. The maximum atomic E-state index is 13.0. The van der Waals surface area contributed by atoms with E-state index < -0.39 is 17.6 Å². The van der Waals surface area contributed by atoms with Gasteiger partial charge in [0.05, 0.1) is 24.5 Å². The van der Waals surface area contributed by atoms with Crippen molar-refractivity contribution in [1.29, 1.82) is 0 Å². The van der Waals surface area contributed by atoms with Crippen molar-refractivity contribution in [1.82, 2.24) is 0 Å². The summed E-state index contributed by atoms with van der Waals surface area (Å²) in [6.07, 6.45) is -2.64. The summed E-state index contributed by atoms with van der Waals surface area (Å²) < 4.78 is 50.7. The van der Waals surface area contributed by atoms with Gasteiger partial charge < -0.3 is 14.8 Å². The Labute approximate surface area is 235 Å². The van der Waals surface area contributed by atoms with Crippen LogP contribution in [-0.4, -0.2) is 24.8 Å². The van der Waals surface area contributed by atoms with Crippen molar-refractivity contribution >= 4 is 34.6 Å². The van der Waals surface area contributed by atoms with E-state index in [1.54, 1.807) is 30.3 Å². The number of benzene rings is 4. The Hall–Kier alpha value is -4.76. The van der Waals surface area contributed by atoms with Gasteiger partial charge in [-0.3, -0.25) is 4.79 Å². The van der Waals surface area contributed by atoms with Gasteiger partial charge in [0, 0.05) is 17.7 Å². The third-order valence-corrected chi connectivity index (χ3v) is 5.90. The average Bonchev–Trinajstić information content (AvgIpc) is 2.96. The molecule has 0 bridgehead atoms. The van der Waals surface area contributed by atoms with E-state index in [0.29, 0.717) is 46.7 Å². The van der Waals surface area contributed by atoms with E-state index in [1.165, 1.54) is 18.5 Å². The van der Waals surface area contributed by atoms with E-state index in [9.17, 15) is 18.0 Å². The smallest absolute Gasteiger partial charge is 0.416 e. The van der Waals surface area contributed by atoms with Crippen molar-refractivity contribution < 1.29 is 27.4 Å². The molecule has 6 nitrogen and oxygen atoms in total. The molecule has 0 spiro atoms. The van der Waals surface area contributed by atoms with Gasteiger partial charge in [0.1, 0.15) is 12.1 Å². The second-order valence-electron chi connectivity index (χ2n) is 8.99. The van der Waals surface area contributed by atoms with Crippen molar-refractivity contribution in [2.75, 3.05) is 11.9 Å². The molecule has 1 amide bonds. The largest absolute Gasteiger partial charge is 0.443 e. The third-order valence-electron chi connectivity index (χ3n) is 5.90. The Morgan fingerprint density at radius 3 is 2.51 bits per heavy atom. The molecule has 0 aliphatic carbocycles. The second-order valence-corrected chi connectivity index (χ2v) is 8.99. The maximum Gasteiger partial charge on any atom is 0.416 e. The van der Waals surface area contributed by atoms with E-state index in [1.807, 2.05) is 43.3 Å². The number of nitrogens with one attached hydrogen (secondary N) is 1. The minimum Gasteiger partial charge on any atom is -0.443 e. The van der Waals surface area contributed by atoms with Crippen LogP contribution in [0.25, 0.3) is 10.8 Å². The van der Waals surface area contributed by atoms with Crippen LogP contribution in [0.3, 0.4) is 0 Å². The Morgan fingerprint density at radius 2 is 1.76 bits per heavy atom. The number of ether oxygens (including phenoxy) is 2. The first-order valence-corrected chi connectivity index (χ1v) is 12.8. The zero-order valence-electron chi connectivity index (χ0n) is 22.3. The number of hydrogen-bond donors (Lipinski definition) is 1. The Morgan fingerprint density at radius 1 is 0.976 bits per heavy atom. The van der Waals surface area contributed by atoms with Crippen LogP contribution in [0.1, 0.15) is 34.8 Å². The predicted molar refractivity (Wildman–Crippen MR) is 155 cm³/mol. The molecule has 0 atom stereocenters. The molecule has 0 radical (unpaired) electrons. The van der Waals surface area contributed by atoms with E-state index in [2.05, 4.69) is 21.9 Å². The van der Waals surface area contributed by atoms with Gasteiger partial charge in [0.2, 0.25) is 0 Å². The number of rotatable bonds is 10. The molecule has 0 aliphatic heterocycles. The Bertz CT molecular complexity index is 1580. The normalized spacial score (nSPS) is 12.0. The van der Waals surface area contributed by atoms with Gasteiger partial charge in [-0.25, -0.2) is 9.98 Å². The minimum absolute atomic E-state index is 0.0534. The topological polar surface area (TPSA) is 72.3 Å². The van der Waals surface area contributed by atoms with Gasteiger partial charge in [-0.05, 0) is 58.8 Å². The highest BCUT2D eigenvalue weighted by Crippen LogP contribution is 2.31. The summed E-state index contributed by atoms with van der Waals surface area (Å²) in [5, 5.41) is 3.89. The Kier molecular flexibility index (Phi) is 9.65. The van der Waals surface area contributed by atoms with Crippen LogP contribution < -0.4 is 10.1 Å². The van der Waals surface area contributed by atoms with Gasteiger partial charge in [0.25, 0.3) is 5.91 Å². The summed E-state index contributed by atoms with van der Waals surface area (Å²) >= 11 is 0. The number of aliphatic imine (C=N–C) groups is 2. The van der Waals surface area contributed by atoms with E-state index >= 15 is 0 Å². The van der Waals surface area contributed by atoms with Crippen molar-refractivity contribution in [2.24, 2.45) is 9.98 Å². The summed E-state index contributed by atoms with van der Waals surface area (Å²) in [5.41, 5.74) is 1.10. The fraction of sp³-hybridized carbons (Fsp3) is 0.156. The van der Waals surface area contributed by atoms with Gasteiger partial charge in [-0.1, -0.05) is 62.0 Å². The van der Waals surface area contributed by atoms with Crippen LogP contribution >= 0.6 is 0 Å². The number of hydrogen-bond acceptors (Lipinski definition) is 4. The minimum atomic E-state index is -4.51. The molecular weight excluding hydrogens is 531 g/mol. The van der Waals surface area contributed by atoms with Crippen LogP contribution in [0.5, 0.6) is 5.75 Å². The maximum absolute atomic E-state index is 13.0. The number of nitrogens with zero attached hydrogens (tertiary/aromatic N) is 2. The molecule has 4 aromatic carbocycles. The van der Waals surface area contributed by atoms with Gasteiger partial charge in [0.15, 0.2) is 5.90 Å². The molecule has 1 N–H and O–H groups in total. The lowest BCUT2D eigenvalue weighted by Gasteiger charge is -2.12. The molecule has 0 saturated carbocycles. The molecule has 210 valence electrons. The van der Waals surface area contributed by atoms with Gasteiger partial charge in [-0.15, -0.1) is 0 Å². The highest BCUT2D eigenvalue weighted by atomic mass is 19.4. The number of fused-ring (bicyclic) bond motifs is 1. The third kappa shape index (κ3) is 8.36. The Balaban J connectivity index is 1.39. The monoisotopic (exact) mass is 559 g/mol. The van der Waals surface area contributed by atoms with E-state index in [-0.39, 0.29) is 12.3 Å². The molecule has 4 rings (SSSR count). The average molecular weight is 560 g/mol. The van der Waals surface area contributed by atoms with Crippen molar-refractivity contribution in [3.05, 3.63) is 120 Å². The van der Waals surface area contributed by atoms with Crippen molar-refractivity contribution in [3.63, 3.8) is 0 Å². The molecule has 0 aliphatic rings. The quantitative estimate of drug-likeness (QED) is 0.158. The van der Waals surface area contributed by atoms with Crippen LogP contribution in [0.15, 0.2) is 113 Å². The van der Waals surface area contributed by atoms with Crippen molar-refractivity contribution in [3.8, 4) is 5.75 Å². The zero-order valence-corrected chi connectivity index (χ0v) is 22.3. The number of halogens is 3. The van der Waals surface area contributed by atoms with Crippen LogP contribution in [0, 0.1) is 0 Å². The molecular formula is C32H28F3N3O3. The molecule has 0 fully saturated rings. The lowest BCUT2D eigenvalue weighted by molar-refractivity contribution is -0.137. The lowest BCUT2D eigenvalue weighted by Crippen LogP contribution is -2.13. The molecule has 0 heterocycles. The molecule has 41 heavy (non-hydrogen) atoms. The molecule has 4 aromatic rings. The molecule has 0 saturated heterocycles.